The maximum absolute atomic E-state index is 12.7. The third-order valence-electron chi connectivity index (χ3n) is 5.52. The van der Waals surface area contributed by atoms with Crippen molar-refractivity contribution in [2.75, 3.05) is 23.3 Å². The minimum absolute atomic E-state index is 0.0332. The van der Waals surface area contributed by atoms with Gasteiger partial charge in [-0.25, -0.2) is 9.97 Å². The molecule has 0 spiro atoms. The Morgan fingerprint density at radius 1 is 1.21 bits per heavy atom. The molecule has 0 radical (unpaired) electrons. The number of aryl methyl sites for hydroxylation is 3. The van der Waals surface area contributed by atoms with Gasteiger partial charge in [0.1, 0.15) is 22.7 Å². The molecule has 2 aromatic heterocycles. The van der Waals surface area contributed by atoms with Crippen LogP contribution in [0.5, 0.6) is 5.75 Å². The normalized spacial score (nSPS) is 15.2. The van der Waals surface area contributed by atoms with Gasteiger partial charge in [0.2, 0.25) is 5.91 Å². The molecule has 0 saturated carbocycles. The van der Waals surface area contributed by atoms with Crippen LogP contribution in [-0.4, -0.2) is 34.1 Å². The SMILES string of the molecule is Cc1ccc(NC(=O)C2CCN(c3ncnc4sc(C)c(C)c34)CC2)c(O)c1. The van der Waals surface area contributed by atoms with Crippen molar-refractivity contribution in [3.8, 4) is 5.75 Å². The van der Waals surface area contributed by atoms with Gasteiger partial charge < -0.3 is 15.3 Å². The number of phenols is 1. The fourth-order valence-electron chi connectivity index (χ4n) is 3.74. The quantitative estimate of drug-likeness (QED) is 0.650. The molecule has 0 atom stereocenters. The molecular formula is C21H24N4O2S. The Balaban J connectivity index is 1.46. The van der Waals surface area contributed by atoms with E-state index in [0.717, 1.165) is 47.5 Å². The van der Waals surface area contributed by atoms with Gasteiger partial charge in [-0.15, -0.1) is 11.3 Å². The van der Waals surface area contributed by atoms with Crippen LogP contribution in [0.3, 0.4) is 0 Å². The molecule has 3 heterocycles. The monoisotopic (exact) mass is 396 g/mol. The standard InChI is InChI=1S/C21H24N4O2S/c1-12-4-5-16(17(26)10-12)24-20(27)15-6-8-25(9-7-15)19-18-13(2)14(3)28-21(18)23-11-22-19/h4-5,10-11,15,26H,6-9H2,1-3H3,(H,24,27). The lowest BCUT2D eigenvalue weighted by molar-refractivity contribution is -0.120. The smallest absolute Gasteiger partial charge is 0.227 e. The Kier molecular flexibility index (Phi) is 4.93. The average molecular weight is 397 g/mol. The van der Waals surface area contributed by atoms with Crippen LogP contribution in [0.4, 0.5) is 11.5 Å². The molecule has 1 aliphatic rings. The first-order valence-corrected chi connectivity index (χ1v) is 10.3. The van der Waals surface area contributed by atoms with E-state index in [1.54, 1.807) is 29.8 Å². The van der Waals surface area contributed by atoms with E-state index in [9.17, 15) is 9.90 Å². The first-order valence-electron chi connectivity index (χ1n) is 9.50. The lowest BCUT2D eigenvalue weighted by Gasteiger charge is -2.32. The highest BCUT2D eigenvalue weighted by Crippen LogP contribution is 2.36. The molecule has 2 N–H and O–H groups in total. The number of carbonyl (C=O) groups is 1. The zero-order chi connectivity index (χ0) is 19.8. The number of amides is 1. The second-order valence-corrected chi connectivity index (χ2v) is 8.64. The molecule has 4 rings (SSSR count). The average Bonchev–Trinajstić information content (AvgIpc) is 2.98. The van der Waals surface area contributed by atoms with Crippen molar-refractivity contribution in [1.82, 2.24) is 9.97 Å². The lowest BCUT2D eigenvalue weighted by atomic mass is 9.95. The summed E-state index contributed by atoms with van der Waals surface area (Å²) in [5.41, 5.74) is 2.67. The first kappa shape index (κ1) is 18.7. The number of piperidine rings is 1. The maximum Gasteiger partial charge on any atom is 0.227 e. The van der Waals surface area contributed by atoms with Crippen LogP contribution in [-0.2, 0) is 4.79 Å². The number of aromatic hydroxyl groups is 1. The largest absolute Gasteiger partial charge is 0.506 e. The summed E-state index contributed by atoms with van der Waals surface area (Å²) in [4.78, 5) is 26.2. The Bertz CT molecular complexity index is 1040. The van der Waals surface area contributed by atoms with E-state index in [-0.39, 0.29) is 17.6 Å². The number of nitrogens with one attached hydrogen (secondary N) is 1. The van der Waals surface area contributed by atoms with Gasteiger partial charge in [0.05, 0.1) is 11.1 Å². The van der Waals surface area contributed by atoms with Crippen LogP contribution in [0.25, 0.3) is 10.2 Å². The van der Waals surface area contributed by atoms with E-state index >= 15 is 0 Å². The molecule has 1 fully saturated rings. The summed E-state index contributed by atoms with van der Waals surface area (Å²) < 4.78 is 0. The number of carbonyl (C=O) groups excluding carboxylic acids is 1. The summed E-state index contributed by atoms with van der Waals surface area (Å²) >= 11 is 1.70. The predicted molar refractivity (Wildman–Crippen MR) is 113 cm³/mol. The van der Waals surface area contributed by atoms with Gasteiger partial charge in [-0.3, -0.25) is 4.79 Å². The van der Waals surface area contributed by atoms with Gasteiger partial charge in [-0.05, 0) is 56.9 Å². The Hall–Kier alpha value is -2.67. The Labute approximate surface area is 168 Å². The minimum atomic E-state index is -0.0698. The fraction of sp³-hybridized carbons (Fsp3) is 0.381. The number of nitrogens with zero attached hydrogens (tertiary/aromatic N) is 3. The summed E-state index contributed by atoms with van der Waals surface area (Å²) in [6, 6.07) is 5.28. The van der Waals surface area contributed by atoms with Gasteiger partial charge in [0, 0.05) is 23.9 Å². The summed E-state index contributed by atoms with van der Waals surface area (Å²) in [6.07, 6.45) is 3.14. The van der Waals surface area contributed by atoms with Crippen LogP contribution in [0, 0.1) is 26.7 Å². The number of fused-ring (bicyclic) bond motifs is 1. The van der Waals surface area contributed by atoms with Gasteiger partial charge in [0.25, 0.3) is 0 Å². The topological polar surface area (TPSA) is 78.4 Å². The minimum Gasteiger partial charge on any atom is -0.506 e. The number of anilines is 2. The third kappa shape index (κ3) is 3.42. The highest BCUT2D eigenvalue weighted by Gasteiger charge is 2.27. The van der Waals surface area contributed by atoms with Gasteiger partial charge >= 0.3 is 0 Å². The molecule has 1 saturated heterocycles. The summed E-state index contributed by atoms with van der Waals surface area (Å²) in [5.74, 6) is 0.980. The van der Waals surface area contributed by atoms with Crippen LogP contribution >= 0.6 is 11.3 Å². The number of thiophene rings is 1. The molecule has 6 nitrogen and oxygen atoms in total. The lowest BCUT2D eigenvalue weighted by Crippen LogP contribution is -2.38. The summed E-state index contributed by atoms with van der Waals surface area (Å²) in [7, 11) is 0. The van der Waals surface area contributed by atoms with Crippen molar-refractivity contribution in [3.05, 3.63) is 40.5 Å². The summed E-state index contributed by atoms with van der Waals surface area (Å²) in [5, 5.41) is 14.0. The van der Waals surface area contributed by atoms with E-state index in [1.165, 1.54) is 10.4 Å². The van der Waals surface area contributed by atoms with Gasteiger partial charge in [0.15, 0.2) is 0 Å². The maximum atomic E-state index is 12.7. The molecular weight excluding hydrogens is 372 g/mol. The molecule has 0 unspecified atom stereocenters. The van der Waals surface area contributed by atoms with Crippen molar-refractivity contribution in [2.24, 2.45) is 5.92 Å². The zero-order valence-corrected chi connectivity index (χ0v) is 17.1. The molecule has 1 amide bonds. The molecule has 28 heavy (non-hydrogen) atoms. The Morgan fingerprint density at radius 2 is 1.96 bits per heavy atom. The van der Waals surface area contributed by atoms with Crippen LogP contribution in [0.1, 0.15) is 28.8 Å². The Morgan fingerprint density at radius 3 is 2.68 bits per heavy atom. The number of rotatable bonds is 3. The van der Waals surface area contributed by atoms with Crippen molar-refractivity contribution in [1.29, 1.82) is 0 Å². The number of phenolic OH excluding ortho intramolecular Hbond substituents is 1. The summed E-state index contributed by atoms with van der Waals surface area (Å²) in [6.45, 7) is 7.69. The van der Waals surface area contributed by atoms with Crippen LogP contribution in [0.15, 0.2) is 24.5 Å². The van der Waals surface area contributed by atoms with Gasteiger partial charge in [-0.2, -0.15) is 0 Å². The van der Waals surface area contributed by atoms with Crippen LogP contribution in [0.2, 0.25) is 0 Å². The zero-order valence-electron chi connectivity index (χ0n) is 16.3. The van der Waals surface area contributed by atoms with E-state index in [0.29, 0.717) is 5.69 Å². The number of hydrogen-bond acceptors (Lipinski definition) is 6. The second-order valence-electron chi connectivity index (χ2n) is 7.43. The van der Waals surface area contributed by atoms with Crippen LogP contribution < -0.4 is 10.2 Å². The van der Waals surface area contributed by atoms with E-state index in [1.807, 2.05) is 13.0 Å². The molecule has 1 aromatic carbocycles. The van der Waals surface area contributed by atoms with Gasteiger partial charge in [-0.1, -0.05) is 6.07 Å². The highest BCUT2D eigenvalue weighted by atomic mass is 32.1. The predicted octanol–water partition coefficient (Wildman–Crippen LogP) is 4.18. The van der Waals surface area contributed by atoms with E-state index in [2.05, 4.69) is 34.0 Å². The highest BCUT2D eigenvalue weighted by molar-refractivity contribution is 7.18. The third-order valence-corrected chi connectivity index (χ3v) is 6.64. The molecule has 1 aliphatic heterocycles. The van der Waals surface area contributed by atoms with Crippen molar-refractivity contribution in [3.63, 3.8) is 0 Å². The molecule has 0 bridgehead atoms. The van der Waals surface area contributed by atoms with Crippen molar-refractivity contribution in [2.45, 2.75) is 33.6 Å². The molecule has 3 aromatic rings. The first-order chi connectivity index (χ1) is 13.4. The molecule has 7 heteroatoms. The number of benzene rings is 1. The van der Waals surface area contributed by atoms with E-state index < -0.39 is 0 Å². The number of hydrogen-bond donors (Lipinski definition) is 2. The number of aromatic nitrogens is 2. The van der Waals surface area contributed by atoms with E-state index in [4.69, 9.17) is 0 Å². The fourth-order valence-corrected chi connectivity index (χ4v) is 4.73. The van der Waals surface area contributed by atoms with Crippen molar-refractivity contribution >= 4 is 39.0 Å². The molecule has 0 aliphatic carbocycles. The second kappa shape index (κ2) is 7.39. The van der Waals surface area contributed by atoms with Crippen molar-refractivity contribution < 1.29 is 9.90 Å². The molecule has 146 valence electrons.